The molecule has 11 heteroatoms. The summed E-state index contributed by atoms with van der Waals surface area (Å²) in [6, 6.07) is -2.48. The van der Waals surface area contributed by atoms with E-state index < -0.39 is 30.1 Å². The number of methoxy groups -OCH3 is 1. The molecule has 1 unspecified atom stereocenters. The van der Waals surface area contributed by atoms with Gasteiger partial charge in [-0.25, -0.2) is 9.59 Å². The Hall–Kier alpha value is -2.72. The van der Waals surface area contributed by atoms with E-state index in [1.807, 2.05) is 0 Å². The van der Waals surface area contributed by atoms with E-state index in [0.717, 1.165) is 0 Å². The maximum Gasteiger partial charge on any atom is 0.326 e. The van der Waals surface area contributed by atoms with Gasteiger partial charge in [-0.05, 0) is 13.3 Å². The number of nitrogens with one attached hydrogen (secondary N) is 3. The van der Waals surface area contributed by atoms with Crippen LogP contribution in [0.25, 0.3) is 0 Å². The van der Waals surface area contributed by atoms with Gasteiger partial charge in [0.1, 0.15) is 6.04 Å². The van der Waals surface area contributed by atoms with Gasteiger partial charge in [0.05, 0.1) is 13.2 Å². The molecule has 0 saturated carbocycles. The molecule has 0 bridgehead atoms. The largest absolute Gasteiger partial charge is 0.480 e. The average Bonchev–Trinajstić information content (AvgIpc) is 2.96. The van der Waals surface area contributed by atoms with Crippen LogP contribution in [0.3, 0.4) is 0 Å². The number of carbonyl (C=O) groups is 3. The predicted molar refractivity (Wildman–Crippen MR) is 66.9 cm³/mol. The number of nitrogens with zero attached hydrogens (tertiary/aromatic N) is 3. The lowest BCUT2D eigenvalue weighted by Gasteiger charge is -2.16. The molecule has 2 atom stereocenters. The Morgan fingerprint density at radius 1 is 1.38 bits per heavy atom. The van der Waals surface area contributed by atoms with Crippen molar-refractivity contribution in [3.8, 4) is 0 Å². The molecule has 0 radical (unpaired) electrons. The number of aliphatic carboxylic acids is 1. The molecule has 0 aliphatic heterocycles. The van der Waals surface area contributed by atoms with E-state index in [4.69, 9.17) is 5.11 Å². The normalized spacial score (nSPS) is 13.0. The quantitative estimate of drug-likeness (QED) is 0.465. The number of hydrogen-bond donors (Lipinski definition) is 4. The van der Waals surface area contributed by atoms with Crippen molar-refractivity contribution >= 4 is 18.0 Å². The van der Waals surface area contributed by atoms with E-state index in [-0.39, 0.29) is 18.7 Å². The van der Waals surface area contributed by atoms with Gasteiger partial charge in [-0.15, -0.1) is 10.2 Å². The third kappa shape index (κ3) is 5.42. The van der Waals surface area contributed by atoms with E-state index in [9.17, 15) is 14.4 Å². The first-order valence-electron chi connectivity index (χ1n) is 6.04. The minimum atomic E-state index is -1.25. The minimum absolute atomic E-state index is 0.0774. The lowest BCUT2D eigenvalue weighted by molar-refractivity contribution is -0.142. The van der Waals surface area contributed by atoms with Crippen molar-refractivity contribution in [3.05, 3.63) is 5.82 Å². The smallest absolute Gasteiger partial charge is 0.326 e. The molecule has 2 amide bonds. The highest BCUT2D eigenvalue weighted by atomic mass is 16.5. The van der Waals surface area contributed by atoms with Crippen molar-refractivity contribution in [2.75, 3.05) is 7.11 Å². The predicted octanol–water partition coefficient (Wildman–Crippen LogP) is -1.03. The molecule has 0 aromatic carbocycles. The van der Waals surface area contributed by atoms with Crippen LogP contribution in [0.5, 0.6) is 0 Å². The first-order chi connectivity index (χ1) is 9.93. The lowest BCUT2D eigenvalue weighted by Crippen LogP contribution is -2.46. The van der Waals surface area contributed by atoms with Crippen molar-refractivity contribution in [1.29, 1.82) is 0 Å². The number of carboxylic acids is 1. The van der Waals surface area contributed by atoms with Gasteiger partial charge in [-0.2, -0.15) is 5.21 Å². The monoisotopic (exact) mass is 300 g/mol. The van der Waals surface area contributed by atoms with Crippen LogP contribution in [0, 0.1) is 0 Å². The lowest BCUT2D eigenvalue weighted by atomic mass is 10.1. The number of amides is 2. The van der Waals surface area contributed by atoms with Crippen molar-refractivity contribution in [3.63, 3.8) is 0 Å². The van der Waals surface area contributed by atoms with Gasteiger partial charge in [0, 0.05) is 6.42 Å². The Kier molecular flexibility index (Phi) is 6.04. The van der Waals surface area contributed by atoms with Crippen molar-refractivity contribution in [2.45, 2.75) is 31.8 Å². The molecule has 1 aromatic heterocycles. The molecule has 0 spiro atoms. The van der Waals surface area contributed by atoms with E-state index in [1.165, 1.54) is 7.11 Å². The summed E-state index contributed by atoms with van der Waals surface area (Å²) in [4.78, 5) is 33.7. The van der Waals surface area contributed by atoms with Crippen LogP contribution in [0.1, 0.15) is 31.6 Å². The molecular formula is C10H16N6O5. The molecular weight excluding hydrogens is 284 g/mol. The maximum absolute atomic E-state index is 11.7. The number of aromatic amines is 1. The first kappa shape index (κ1) is 16.3. The zero-order valence-corrected chi connectivity index (χ0v) is 11.5. The van der Waals surface area contributed by atoms with Crippen molar-refractivity contribution < 1.29 is 24.2 Å². The second-order valence-electron chi connectivity index (χ2n) is 4.12. The van der Waals surface area contributed by atoms with E-state index in [1.54, 1.807) is 6.92 Å². The highest BCUT2D eigenvalue weighted by Gasteiger charge is 2.22. The van der Waals surface area contributed by atoms with Gasteiger partial charge < -0.3 is 20.5 Å². The number of aromatic nitrogens is 4. The Balaban J connectivity index is 2.48. The third-order valence-electron chi connectivity index (χ3n) is 2.56. The summed E-state index contributed by atoms with van der Waals surface area (Å²) >= 11 is 0. The number of esters is 1. The zero-order chi connectivity index (χ0) is 15.8. The summed E-state index contributed by atoms with van der Waals surface area (Å²) in [5, 5.41) is 26.6. The molecule has 116 valence electrons. The second kappa shape index (κ2) is 7.77. The molecule has 0 fully saturated rings. The van der Waals surface area contributed by atoms with Gasteiger partial charge in [0.15, 0.2) is 5.82 Å². The van der Waals surface area contributed by atoms with E-state index in [0.29, 0.717) is 0 Å². The standard InChI is InChI=1S/C10H16N6O5/c1-5(8-13-15-16-14-8)11-10(20)12-6(9(18)19)3-4-7(17)21-2/h5-6H,3-4H2,1-2H3,(H,18,19)(H2,11,12,20)(H,13,14,15,16)/t5?,6-/m1/s1. The molecule has 0 aliphatic rings. The Labute approximate surface area is 119 Å². The molecule has 11 nitrogen and oxygen atoms in total. The summed E-state index contributed by atoms with van der Waals surface area (Å²) in [5.74, 6) is -1.54. The molecule has 1 aromatic rings. The summed E-state index contributed by atoms with van der Waals surface area (Å²) in [6.07, 6.45) is -0.194. The van der Waals surface area contributed by atoms with Crippen molar-refractivity contribution in [1.82, 2.24) is 31.3 Å². The number of ether oxygens (including phenoxy) is 1. The van der Waals surface area contributed by atoms with Crippen LogP contribution < -0.4 is 10.6 Å². The highest BCUT2D eigenvalue weighted by molar-refractivity contribution is 5.83. The second-order valence-corrected chi connectivity index (χ2v) is 4.12. The molecule has 21 heavy (non-hydrogen) atoms. The van der Waals surface area contributed by atoms with Crippen LogP contribution in [-0.4, -0.2) is 56.9 Å². The number of carbonyl (C=O) groups excluding carboxylic acids is 2. The van der Waals surface area contributed by atoms with Gasteiger partial charge in [0.2, 0.25) is 0 Å². The summed E-state index contributed by atoms with van der Waals surface area (Å²) < 4.78 is 4.41. The van der Waals surface area contributed by atoms with Gasteiger partial charge in [-0.3, -0.25) is 4.79 Å². The van der Waals surface area contributed by atoms with Crippen molar-refractivity contribution in [2.24, 2.45) is 0 Å². The fourth-order valence-electron chi connectivity index (χ4n) is 1.44. The van der Waals surface area contributed by atoms with Crippen LogP contribution in [0.2, 0.25) is 0 Å². The Morgan fingerprint density at radius 3 is 2.62 bits per heavy atom. The van der Waals surface area contributed by atoms with E-state index >= 15 is 0 Å². The fourth-order valence-corrected chi connectivity index (χ4v) is 1.44. The third-order valence-corrected chi connectivity index (χ3v) is 2.56. The Bertz CT molecular complexity index is 490. The first-order valence-corrected chi connectivity index (χ1v) is 6.04. The van der Waals surface area contributed by atoms with Gasteiger partial charge in [-0.1, -0.05) is 5.21 Å². The molecule has 1 heterocycles. The number of urea groups is 1. The molecule has 1 rings (SSSR count). The van der Waals surface area contributed by atoms with Gasteiger partial charge in [0.25, 0.3) is 0 Å². The SMILES string of the molecule is COC(=O)CC[C@@H](NC(=O)NC(C)c1nn[nH]n1)C(=O)O. The Morgan fingerprint density at radius 2 is 2.10 bits per heavy atom. The highest BCUT2D eigenvalue weighted by Crippen LogP contribution is 2.04. The number of carboxylic acid groups (broad SMARTS) is 1. The summed E-state index contributed by atoms with van der Waals surface area (Å²) in [5.41, 5.74) is 0. The number of tetrazole rings is 1. The minimum Gasteiger partial charge on any atom is -0.480 e. The average molecular weight is 300 g/mol. The zero-order valence-electron chi connectivity index (χ0n) is 11.5. The number of hydrogen-bond acceptors (Lipinski definition) is 7. The maximum atomic E-state index is 11.7. The molecule has 0 aliphatic carbocycles. The number of rotatable bonds is 7. The number of H-pyrrole nitrogens is 1. The van der Waals surface area contributed by atoms with Gasteiger partial charge >= 0.3 is 18.0 Å². The van der Waals surface area contributed by atoms with Crippen LogP contribution >= 0.6 is 0 Å². The summed E-state index contributed by atoms with van der Waals surface area (Å²) in [6.45, 7) is 1.61. The molecule has 0 saturated heterocycles. The van der Waals surface area contributed by atoms with E-state index in [2.05, 4.69) is 36.0 Å². The topological polar surface area (TPSA) is 159 Å². The van der Waals surface area contributed by atoms with Crippen LogP contribution in [0.15, 0.2) is 0 Å². The fraction of sp³-hybridized carbons (Fsp3) is 0.600. The summed E-state index contributed by atoms with van der Waals surface area (Å²) in [7, 11) is 1.20. The molecule has 4 N–H and O–H groups in total. The van der Waals surface area contributed by atoms with Crippen LogP contribution in [-0.2, 0) is 14.3 Å². The van der Waals surface area contributed by atoms with Crippen LogP contribution in [0.4, 0.5) is 4.79 Å².